The van der Waals surface area contributed by atoms with Gasteiger partial charge < -0.3 is 9.84 Å². The molecule has 5 nitrogen and oxygen atoms in total. The van der Waals surface area contributed by atoms with E-state index in [0.29, 0.717) is 16.9 Å². The zero-order chi connectivity index (χ0) is 19.7. The Balaban J connectivity index is 1.90. The molecule has 2 aromatic carbocycles. The number of halogens is 3. The number of ether oxygens (including phenoxy) is 1. The second-order valence-electron chi connectivity index (χ2n) is 6.13. The summed E-state index contributed by atoms with van der Waals surface area (Å²) in [7, 11) is 1.48. The van der Waals surface area contributed by atoms with Gasteiger partial charge in [0.15, 0.2) is 0 Å². The largest absolute Gasteiger partial charge is 0.497 e. The summed E-state index contributed by atoms with van der Waals surface area (Å²) in [5.74, 6) is -0.394. The van der Waals surface area contributed by atoms with Crippen molar-refractivity contribution in [1.29, 1.82) is 0 Å². The molecule has 2 aromatic rings. The monoisotopic (exact) mass is 378 g/mol. The number of methoxy groups -OCH3 is 1. The van der Waals surface area contributed by atoms with Gasteiger partial charge in [-0.2, -0.15) is 23.3 Å². The number of amides is 1. The molecule has 0 saturated heterocycles. The molecule has 0 fully saturated rings. The zero-order valence-electron chi connectivity index (χ0n) is 14.4. The van der Waals surface area contributed by atoms with Crippen LogP contribution in [-0.4, -0.2) is 40.7 Å². The van der Waals surface area contributed by atoms with E-state index in [2.05, 4.69) is 5.10 Å². The summed E-state index contributed by atoms with van der Waals surface area (Å²) < 4.78 is 45.7. The summed E-state index contributed by atoms with van der Waals surface area (Å²) in [5, 5.41) is 14.3. The Hall–Kier alpha value is -2.87. The van der Waals surface area contributed by atoms with Crippen LogP contribution < -0.4 is 4.74 Å². The minimum atomic E-state index is -5.05. The van der Waals surface area contributed by atoms with Crippen molar-refractivity contribution >= 4 is 11.6 Å². The molecule has 1 N–H and O–H groups in total. The molecule has 3 rings (SSSR count). The van der Waals surface area contributed by atoms with Crippen LogP contribution in [0.5, 0.6) is 5.75 Å². The van der Waals surface area contributed by atoms with Crippen molar-refractivity contribution in [3.8, 4) is 5.75 Å². The molecule has 8 heteroatoms. The van der Waals surface area contributed by atoms with Gasteiger partial charge in [0, 0.05) is 0 Å². The summed E-state index contributed by atoms with van der Waals surface area (Å²) in [6.45, 7) is 0. The molecular weight excluding hydrogens is 361 g/mol. The van der Waals surface area contributed by atoms with E-state index >= 15 is 0 Å². The lowest BCUT2D eigenvalue weighted by Gasteiger charge is -2.32. The molecule has 0 saturated carbocycles. The van der Waals surface area contributed by atoms with E-state index in [0.717, 1.165) is 0 Å². The average Bonchev–Trinajstić information content (AvgIpc) is 3.02. The fraction of sp³-hybridized carbons (Fsp3) is 0.263. The normalized spacial score (nSPS) is 19.7. The molecular formula is C19H17F3N2O3. The predicted octanol–water partition coefficient (Wildman–Crippen LogP) is 3.13. The van der Waals surface area contributed by atoms with Gasteiger partial charge >= 0.3 is 6.18 Å². The minimum absolute atomic E-state index is 0.00138. The Kier molecular flexibility index (Phi) is 4.93. The van der Waals surface area contributed by atoms with E-state index in [1.54, 1.807) is 54.6 Å². The van der Waals surface area contributed by atoms with Crippen molar-refractivity contribution in [2.75, 3.05) is 7.11 Å². The Labute approximate surface area is 153 Å². The molecule has 1 atom stereocenters. The van der Waals surface area contributed by atoms with Crippen molar-refractivity contribution in [2.45, 2.75) is 24.7 Å². The van der Waals surface area contributed by atoms with E-state index in [1.807, 2.05) is 0 Å². The van der Waals surface area contributed by atoms with Crippen LogP contribution in [0.3, 0.4) is 0 Å². The number of hydrazone groups is 1. The molecule has 142 valence electrons. The molecule has 1 aliphatic rings. The molecule has 0 aliphatic carbocycles. The van der Waals surface area contributed by atoms with Crippen molar-refractivity contribution in [3.63, 3.8) is 0 Å². The zero-order valence-corrected chi connectivity index (χ0v) is 14.4. The average molecular weight is 378 g/mol. The van der Waals surface area contributed by atoms with Crippen LogP contribution in [0.25, 0.3) is 0 Å². The fourth-order valence-electron chi connectivity index (χ4n) is 2.81. The smallest absolute Gasteiger partial charge is 0.438 e. The van der Waals surface area contributed by atoms with Crippen LogP contribution in [0.4, 0.5) is 13.2 Å². The van der Waals surface area contributed by atoms with Crippen LogP contribution in [0, 0.1) is 0 Å². The van der Waals surface area contributed by atoms with Crippen molar-refractivity contribution in [3.05, 3.63) is 65.7 Å². The van der Waals surface area contributed by atoms with E-state index in [-0.39, 0.29) is 17.1 Å². The minimum Gasteiger partial charge on any atom is -0.497 e. The number of alkyl halides is 3. The third kappa shape index (κ3) is 3.66. The number of nitrogens with zero attached hydrogens (tertiary/aromatic N) is 2. The maximum absolute atomic E-state index is 13.5. The number of aliphatic hydroxyl groups is 1. The first-order valence-electron chi connectivity index (χ1n) is 8.12. The molecule has 1 amide bonds. The van der Waals surface area contributed by atoms with Gasteiger partial charge in [-0.3, -0.25) is 4.79 Å². The molecule has 1 aliphatic heterocycles. The lowest BCUT2D eigenvalue weighted by atomic mass is 10.0. The summed E-state index contributed by atoms with van der Waals surface area (Å²) in [4.78, 5) is 12.5. The summed E-state index contributed by atoms with van der Waals surface area (Å²) >= 11 is 0. The molecule has 1 heterocycles. The molecule has 0 spiro atoms. The second kappa shape index (κ2) is 7.03. The fourth-order valence-corrected chi connectivity index (χ4v) is 2.81. The molecule has 1 unspecified atom stereocenters. The molecule has 0 aromatic heterocycles. The van der Waals surface area contributed by atoms with Crippen molar-refractivity contribution in [2.24, 2.45) is 5.10 Å². The SMILES string of the molecule is COc1ccc(CC(=O)N2N=C(c3ccccc3)CC2(O)C(F)(F)F)cc1. The molecule has 27 heavy (non-hydrogen) atoms. The van der Waals surface area contributed by atoms with Gasteiger partial charge in [-0.05, 0) is 23.3 Å². The highest BCUT2D eigenvalue weighted by Gasteiger charge is 2.63. The lowest BCUT2D eigenvalue weighted by molar-refractivity contribution is -0.302. The Bertz CT molecular complexity index is 851. The second-order valence-corrected chi connectivity index (χ2v) is 6.13. The van der Waals surface area contributed by atoms with Gasteiger partial charge in [0.05, 0.1) is 25.7 Å². The van der Waals surface area contributed by atoms with Crippen LogP contribution in [-0.2, 0) is 11.2 Å². The van der Waals surface area contributed by atoms with Gasteiger partial charge in [0.2, 0.25) is 5.91 Å². The van der Waals surface area contributed by atoms with Gasteiger partial charge in [0.1, 0.15) is 5.75 Å². The van der Waals surface area contributed by atoms with E-state index < -0.39 is 24.2 Å². The number of hydrogen-bond donors (Lipinski definition) is 1. The summed E-state index contributed by atoms with van der Waals surface area (Å²) in [6.07, 6.45) is -6.22. The Morgan fingerprint density at radius 3 is 2.37 bits per heavy atom. The van der Waals surface area contributed by atoms with Crippen LogP contribution >= 0.6 is 0 Å². The van der Waals surface area contributed by atoms with Crippen molar-refractivity contribution in [1.82, 2.24) is 5.01 Å². The van der Waals surface area contributed by atoms with Gasteiger partial charge in [-0.25, -0.2) is 0 Å². The number of hydrogen-bond acceptors (Lipinski definition) is 4. The topological polar surface area (TPSA) is 62.1 Å². The number of rotatable bonds is 4. The highest BCUT2D eigenvalue weighted by atomic mass is 19.4. The van der Waals surface area contributed by atoms with E-state index in [4.69, 9.17) is 4.74 Å². The Morgan fingerprint density at radius 2 is 1.81 bits per heavy atom. The van der Waals surface area contributed by atoms with Crippen LogP contribution in [0.1, 0.15) is 17.5 Å². The molecule has 0 bridgehead atoms. The van der Waals surface area contributed by atoms with Crippen molar-refractivity contribution < 1.29 is 27.8 Å². The Morgan fingerprint density at radius 1 is 1.19 bits per heavy atom. The van der Waals surface area contributed by atoms with Gasteiger partial charge in [-0.1, -0.05) is 42.5 Å². The third-order valence-electron chi connectivity index (χ3n) is 4.30. The number of benzene rings is 2. The standard InChI is InChI=1S/C19H17F3N2O3/c1-27-15-9-7-13(8-10-15)11-17(25)24-18(26,19(20,21)22)12-16(23-24)14-5-3-2-4-6-14/h2-10,26H,11-12H2,1H3. The number of carbonyl (C=O) groups is 1. The predicted molar refractivity (Wildman–Crippen MR) is 92.1 cm³/mol. The maximum atomic E-state index is 13.5. The van der Waals surface area contributed by atoms with Crippen LogP contribution in [0.15, 0.2) is 59.7 Å². The third-order valence-corrected chi connectivity index (χ3v) is 4.30. The highest BCUT2D eigenvalue weighted by Crippen LogP contribution is 2.41. The van der Waals surface area contributed by atoms with Crippen LogP contribution in [0.2, 0.25) is 0 Å². The van der Waals surface area contributed by atoms with Gasteiger partial charge in [-0.15, -0.1) is 0 Å². The van der Waals surface area contributed by atoms with Gasteiger partial charge in [0.25, 0.3) is 5.72 Å². The quantitative estimate of drug-likeness (QED) is 0.889. The van der Waals surface area contributed by atoms with E-state index in [9.17, 15) is 23.1 Å². The number of carbonyl (C=O) groups excluding carboxylic acids is 1. The first-order chi connectivity index (χ1) is 12.7. The summed E-state index contributed by atoms with van der Waals surface area (Å²) in [6, 6.07) is 14.5. The first kappa shape index (κ1) is 18.9. The first-order valence-corrected chi connectivity index (χ1v) is 8.12. The molecule has 0 radical (unpaired) electrons. The lowest BCUT2D eigenvalue weighted by Crippen LogP contribution is -2.57. The summed E-state index contributed by atoms with van der Waals surface area (Å²) in [5.41, 5.74) is -2.48. The van der Waals surface area contributed by atoms with E-state index in [1.165, 1.54) is 7.11 Å². The maximum Gasteiger partial charge on any atom is 0.438 e. The highest BCUT2D eigenvalue weighted by molar-refractivity contribution is 6.03.